The van der Waals surface area contributed by atoms with E-state index in [0.29, 0.717) is 12.1 Å². The van der Waals surface area contributed by atoms with E-state index in [2.05, 4.69) is 45.1 Å². The number of carbonyl (C=O) groups is 1. The molecule has 5 rings (SSSR count). The number of hydrogen-bond donors (Lipinski definition) is 4. The molecule has 2 atom stereocenters. The fourth-order valence-corrected chi connectivity index (χ4v) is 4.70. The number of aromatic amines is 1. The van der Waals surface area contributed by atoms with E-state index in [1.165, 1.54) is 17.1 Å². The van der Waals surface area contributed by atoms with Crippen LogP contribution in [0.4, 0.5) is 5.69 Å². The number of fused-ring (bicyclic) bond motifs is 1. The summed E-state index contributed by atoms with van der Waals surface area (Å²) in [5.41, 5.74) is 9.24. The molecule has 1 aliphatic rings. The highest BCUT2D eigenvalue weighted by Gasteiger charge is 2.21. The van der Waals surface area contributed by atoms with Gasteiger partial charge in [-0.1, -0.05) is 12.1 Å². The molecule has 1 aliphatic carbocycles. The van der Waals surface area contributed by atoms with Crippen molar-refractivity contribution >= 4 is 22.5 Å². The molecule has 1 saturated carbocycles. The lowest BCUT2D eigenvalue weighted by molar-refractivity contribution is 0.1000. The van der Waals surface area contributed by atoms with Crippen molar-refractivity contribution in [2.24, 2.45) is 5.73 Å². The summed E-state index contributed by atoms with van der Waals surface area (Å²) in [5.74, 6) is -0.607. The Balaban J connectivity index is 1.21. The van der Waals surface area contributed by atoms with Crippen molar-refractivity contribution in [1.82, 2.24) is 20.1 Å². The van der Waals surface area contributed by atoms with Gasteiger partial charge in [-0.15, -0.1) is 0 Å². The SMILES string of the molecule is NC(=O)c1ccn(-c2cccc(CN[C@H]3CCC[C@H](Nc4ccc5[nH]ncc5c4)C3)c2)c(=O)c1. The number of aromatic nitrogens is 3. The van der Waals surface area contributed by atoms with Gasteiger partial charge in [-0.3, -0.25) is 19.3 Å². The molecule has 0 saturated heterocycles. The van der Waals surface area contributed by atoms with Gasteiger partial charge in [0.1, 0.15) is 0 Å². The van der Waals surface area contributed by atoms with Gasteiger partial charge < -0.3 is 16.4 Å². The normalized spacial score (nSPS) is 18.1. The first-order valence-electron chi connectivity index (χ1n) is 11.6. The van der Waals surface area contributed by atoms with Gasteiger partial charge >= 0.3 is 0 Å². The fourth-order valence-electron chi connectivity index (χ4n) is 4.70. The maximum Gasteiger partial charge on any atom is 0.255 e. The average molecular weight is 457 g/mol. The molecular formula is C26H28N6O2. The molecule has 8 nitrogen and oxygen atoms in total. The first-order chi connectivity index (χ1) is 16.5. The van der Waals surface area contributed by atoms with Gasteiger partial charge in [-0.25, -0.2) is 0 Å². The number of amides is 1. The van der Waals surface area contributed by atoms with E-state index in [-0.39, 0.29) is 11.1 Å². The number of nitrogens with two attached hydrogens (primary N) is 1. The van der Waals surface area contributed by atoms with E-state index < -0.39 is 5.91 Å². The van der Waals surface area contributed by atoms with E-state index in [0.717, 1.165) is 53.6 Å². The second kappa shape index (κ2) is 9.52. The molecule has 5 N–H and O–H groups in total. The minimum Gasteiger partial charge on any atom is -0.382 e. The fraction of sp³-hybridized carbons (Fsp3) is 0.269. The monoisotopic (exact) mass is 456 g/mol. The predicted molar refractivity (Wildman–Crippen MR) is 133 cm³/mol. The van der Waals surface area contributed by atoms with Gasteiger partial charge in [0.05, 0.1) is 11.7 Å². The molecule has 0 aliphatic heterocycles. The standard InChI is InChI=1S/C26H28N6O2/c27-26(34)18-9-10-32(25(33)13-18)23-6-1-3-17(11-23)15-28-20-4-2-5-21(14-20)30-22-7-8-24-19(12-22)16-29-31-24/h1,3,6-13,16,20-21,28,30H,2,4-5,14-15H2,(H2,27,34)(H,29,31)/t20-,21-/m0/s1. The molecule has 2 aromatic carbocycles. The summed E-state index contributed by atoms with van der Waals surface area (Å²) in [6, 6.07) is 17.8. The smallest absolute Gasteiger partial charge is 0.255 e. The zero-order valence-electron chi connectivity index (χ0n) is 18.8. The first kappa shape index (κ1) is 21.9. The van der Waals surface area contributed by atoms with Crippen LogP contribution in [0.3, 0.4) is 0 Å². The van der Waals surface area contributed by atoms with E-state index in [4.69, 9.17) is 5.73 Å². The average Bonchev–Trinajstić information content (AvgIpc) is 3.31. The number of hydrogen-bond acceptors (Lipinski definition) is 5. The second-order valence-electron chi connectivity index (χ2n) is 8.92. The predicted octanol–water partition coefficient (Wildman–Crippen LogP) is 3.33. The molecule has 1 fully saturated rings. The summed E-state index contributed by atoms with van der Waals surface area (Å²) in [7, 11) is 0. The Hall–Kier alpha value is -3.91. The van der Waals surface area contributed by atoms with Crippen molar-refractivity contribution in [3.63, 3.8) is 0 Å². The van der Waals surface area contributed by atoms with Crippen molar-refractivity contribution in [2.45, 2.75) is 44.3 Å². The number of carbonyl (C=O) groups excluding carboxylic acids is 1. The summed E-state index contributed by atoms with van der Waals surface area (Å²) < 4.78 is 1.52. The Morgan fingerprint density at radius 1 is 1.12 bits per heavy atom. The van der Waals surface area contributed by atoms with Crippen LogP contribution in [0.1, 0.15) is 41.6 Å². The minimum atomic E-state index is -0.607. The lowest BCUT2D eigenvalue weighted by Crippen LogP contribution is -2.38. The molecular weight excluding hydrogens is 428 g/mol. The number of pyridine rings is 1. The van der Waals surface area contributed by atoms with Crippen LogP contribution in [0.2, 0.25) is 0 Å². The van der Waals surface area contributed by atoms with Crippen LogP contribution >= 0.6 is 0 Å². The molecule has 0 spiro atoms. The number of primary amides is 1. The summed E-state index contributed by atoms with van der Waals surface area (Å²) in [6.07, 6.45) is 7.96. The molecule has 8 heteroatoms. The van der Waals surface area contributed by atoms with Crippen molar-refractivity contribution in [3.8, 4) is 5.69 Å². The third-order valence-electron chi connectivity index (χ3n) is 6.47. The van der Waals surface area contributed by atoms with Crippen LogP contribution in [0, 0.1) is 0 Å². The molecule has 0 unspecified atom stereocenters. The first-order valence-corrected chi connectivity index (χ1v) is 11.6. The number of H-pyrrole nitrogens is 1. The molecule has 0 bridgehead atoms. The Kier molecular flexibility index (Phi) is 6.14. The Labute approximate surface area is 197 Å². The summed E-state index contributed by atoms with van der Waals surface area (Å²) in [6.45, 7) is 0.723. The van der Waals surface area contributed by atoms with Crippen LogP contribution in [0.25, 0.3) is 16.6 Å². The minimum absolute atomic E-state index is 0.212. The summed E-state index contributed by atoms with van der Waals surface area (Å²) in [5, 5.41) is 15.6. The highest BCUT2D eigenvalue weighted by atomic mass is 16.1. The van der Waals surface area contributed by atoms with E-state index in [1.54, 1.807) is 12.3 Å². The highest BCUT2D eigenvalue weighted by molar-refractivity contribution is 5.92. The van der Waals surface area contributed by atoms with Gasteiger partial charge in [-0.05, 0) is 67.6 Å². The van der Waals surface area contributed by atoms with Crippen molar-refractivity contribution in [3.05, 3.63) is 88.5 Å². The van der Waals surface area contributed by atoms with Gasteiger partial charge in [0.15, 0.2) is 0 Å². The van der Waals surface area contributed by atoms with Crippen LogP contribution in [0.5, 0.6) is 0 Å². The second-order valence-corrected chi connectivity index (χ2v) is 8.92. The van der Waals surface area contributed by atoms with E-state index in [9.17, 15) is 9.59 Å². The Morgan fingerprint density at radius 3 is 2.85 bits per heavy atom. The zero-order chi connectivity index (χ0) is 23.5. The molecule has 1 amide bonds. The van der Waals surface area contributed by atoms with Gasteiger partial charge in [0, 0.05) is 53.2 Å². The Morgan fingerprint density at radius 2 is 2.00 bits per heavy atom. The largest absolute Gasteiger partial charge is 0.382 e. The van der Waals surface area contributed by atoms with Crippen LogP contribution in [0.15, 0.2) is 71.8 Å². The van der Waals surface area contributed by atoms with Crippen molar-refractivity contribution < 1.29 is 4.79 Å². The van der Waals surface area contributed by atoms with Gasteiger partial charge in [0.2, 0.25) is 5.91 Å². The van der Waals surface area contributed by atoms with E-state index >= 15 is 0 Å². The molecule has 174 valence electrons. The molecule has 2 aromatic heterocycles. The quantitative estimate of drug-likeness (QED) is 0.340. The number of anilines is 1. The van der Waals surface area contributed by atoms with Crippen LogP contribution < -0.4 is 21.9 Å². The maximum atomic E-state index is 12.4. The lowest BCUT2D eigenvalue weighted by Gasteiger charge is -2.31. The van der Waals surface area contributed by atoms with E-state index in [1.807, 2.05) is 24.4 Å². The topological polar surface area (TPSA) is 118 Å². The summed E-state index contributed by atoms with van der Waals surface area (Å²) in [4.78, 5) is 23.7. The van der Waals surface area contributed by atoms with Crippen LogP contribution in [-0.2, 0) is 6.54 Å². The number of rotatable bonds is 7. The molecule has 2 heterocycles. The summed E-state index contributed by atoms with van der Waals surface area (Å²) >= 11 is 0. The maximum absolute atomic E-state index is 12.4. The molecule has 4 aromatic rings. The Bertz CT molecular complexity index is 1370. The van der Waals surface area contributed by atoms with Gasteiger partial charge in [-0.2, -0.15) is 5.10 Å². The highest BCUT2D eigenvalue weighted by Crippen LogP contribution is 2.24. The number of nitrogens with zero attached hydrogens (tertiary/aromatic N) is 2. The van der Waals surface area contributed by atoms with Gasteiger partial charge in [0.25, 0.3) is 5.56 Å². The zero-order valence-corrected chi connectivity index (χ0v) is 18.8. The number of benzene rings is 2. The molecule has 0 radical (unpaired) electrons. The number of nitrogens with one attached hydrogen (secondary N) is 3. The third-order valence-corrected chi connectivity index (χ3v) is 6.47. The van der Waals surface area contributed by atoms with Crippen LogP contribution in [-0.4, -0.2) is 32.8 Å². The molecule has 34 heavy (non-hydrogen) atoms. The third kappa shape index (κ3) is 4.87. The van der Waals surface area contributed by atoms with Crippen molar-refractivity contribution in [1.29, 1.82) is 0 Å². The van der Waals surface area contributed by atoms with Crippen molar-refractivity contribution in [2.75, 3.05) is 5.32 Å². The lowest BCUT2D eigenvalue weighted by atomic mass is 9.90.